The lowest BCUT2D eigenvalue weighted by molar-refractivity contribution is 0.0955. The summed E-state index contributed by atoms with van der Waals surface area (Å²) in [5.74, 6) is 0.815. The Morgan fingerprint density at radius 3 is 2.74 bits per heavy atom. The van der Waals surface area contributed by atoms with Gasteiger partial charge in [-0.2, -0.15) is 0 Å². The third-order valence-electron chi connectivity index (χ3n) is 3.57. The molecule has 0 radical (unpaired) electrons. The van der Waals surface area contributed by atoms with Crippen LogP contribution in [0.1, 0.15) is 36.0 Å². The zero-order valence-electron chi connectivity index (χ0n) is 11.3. The maximum absolute atomic E-state index is 12.3. The zero-order chi connectivity index (χ0) is 13.7. The van der Waals surface area contributed by atoms with E-state index in [1.54, 1.807) is 7.11 Å². The van der Waals surface area contributed by atoms with Crippen molar-refractivity contribution in [3.8, 4) is 5.75 Å². The van der Waals surface area contributed by atoms with Crippen LogP contribution in [0.2, 0.25) is 0 Å². The number of hydrogen-bond acceptors (Lipinski definition) is 3. The van der Waals surface area contributed by atoms with Gasteiger partial charge in [0.1, 0.15) is 5.75 Å². The summed E-state index contributed by atoms with van der Waals surface area (Å²) < 4.78 is 6.17. The average Bonchev–Trinajstić information content (AvgIpc) is 2.46. The molecule has 0 aliphatic carbocycles. The molecular weight excluding hydrogens is 306 g/mol. The van der Waals surface area contributed by atoms with Gasteiger partial charge in [-0.3, -0.25) is 4.79 Å². The lowest BCUT2D eigenvalue weighted by atomic mass is 10.1. The maximum atomic E-state index is 12.3. The van der Waals surface area contributed by atoms with E-state index in [9.17, 15) is 4.79 Å². The van der Waals surface area contributed by atoms with Crippen LogP contribution in [0.3, 0.4) is 0 Å². The lowest BCUT2D eigenvalue weighted by Crippen LogP contribution is -2.31. The Kier molecular flexibility index (Phi) is 5.40. The van der Waals surface area contributed by atoms with Crippen molar-refractivity contribution < 1.29 is 9.53 Å². The van der Waals surface area contributed by atoms with Crippen LogP contribution in [0.4, 0.5) is 0 Å². The molecule has 0 aromatic heterocycles. The largest absolute Gasteiger partial charge is 0.496 e. The number of halogens is 1. The first-order valence-corrected chi connectivity index (χ1v) is 7.59. The number of rotatable bonds is 5. The molecule has 0 bridgehead atoms. The quantitative estimate of drug-likeness (QED) is 0.776. The van der Waals surface area contributed by atoms with Gasteiger partial charge in [0.25, 0.3) is 0 Å². The lowest BCUT2D eigenvalue weighted by Gasteiger charge is -2.26. The maximum Gasteiger partial charge on any atom is 0.167 e. The van der Waals surface area contributed by atoms with Crippen LogP contribution in [0, 0.1) is 0 Å². The van der Waals surface area contributed by atoms with Crippen molar-refractivity contribution >= 4 is 21.7 Å². The first kappa shape index (κ1) is 14.5. The molecule has 19 heavy (non-hydrogen) atoms. The van der Waals surface area contributed by atoms with Crippen molar-refractivity contribution in [2.24, 2.45) is 0 Å². The highest BCUT2D eigenvalue weighted by molar-refractivity contribution is 9.10. The number of nitrogens with zero attached hydrogens (tertiary/aromatic N) is 1. The molecule has 0 atom stereocenters. The molecule has 2 rings (SSSR count). The van der Waals surface area contributed by atoms with E-state index in [0.29, 0.717) is 17.7 Å². The van der Waals surface area contributed by atoms with Gasteiger partial charge in [-0.25, -0.2) is 0 Å². The molecule has 1 aromatic rings. The molecule has 0 saturated carbocycles. The molecule has 0 spiro atoms. The van der Waals surface area contributed by atoms with Gasteiger partial charge in [0.05, 0.1) is 12.7 Å². The van der Waals surface area contributed by atoms with E-state index in [0.717, 1.165) is 24.1 Å². The third kappa shape index (κ3) is 4.05. The number of methoxy groups -OCH3 is 1. The minimum Gasteiger partial charge on any atom is -0.496 e. The van der Waals surface area contributed by atoms with Gasteiger partial charge in [0.15, 0.2) is 5.78 Å². The van der Waals surface area contributed by atoms with Gasteiger partial charge in [-0.15, -0.1) is 0 Å². The second-order valence-corrected chi connectivity index (χ2v) is 5.84. The molecule has 1 heterocycles. The van der Waals surface area contributed by atoms with Crippen LogP contribution in [0.5, 0.6) is 5.75 Å². The normalized spacial score (nSPS) is 16.3. The van der Waals surface area contributed by atoms with Crippen LogP contribution in [-0.2, 0) is 0 Å². The Morgan fingerprint density at radius 2 is 2.05 bits per heavy atom. The van der Waals surface area contributed by atoms with E-state index in [4.69, 9.17) is 4.74 Å². The zero-order valence-corrected chi connectivity index (χ0v) is 12.9. The highest BCUT2D eigenvalue weighted by atomic mass is 79.9. The van der Waals surface area contributed by atoms with Crippen LogP contribution in [0.25, 0.3) is 0 Å². The summed E-state index contributed by atoms with van der Waals surface area (Å²) in [6.07, 6.45) is 4.40. The monoisotopic (exact) mass is 325 g/mol. The fourth-order valence-electron chi connectivity index (χ4n) is 2.48. The van der Waals surface area contributed by atoms with E-state index in [1.165, 1.54) is 19.3 Å². The summed E-state index contributed by atoms with van der Waals surface area (Å²) in [5, 5.41) is 0. The SMILES string of the molecule is COc1ccc(Br)cc1C(=O)CCN1CCCCC1. The Labute approximate surface area is 123 Å². The van der Waals surface area contributed by atoms with Gasteiger partial charge < -0.3 is 9.64 Å². The van der Waals surface area contributed by atoms with E-state index in [2.05, 4.69) is 20.8 Å². The Bertz CT molecular complexity index is 442. The average molecular weight is 326 g/mol. The van der Waals surface area contributed by atoms with Gasteiger partial charge in [-0.05, 0) is 44.1 Å². The third-order valence-corrected chi connectivity index (χ3v) is 4.06. The summed E-state index contributed by atoms with van der Waals surface area (Å²) in [5.41, 5.74) is 0.675. The van der Waals surface area contributed by atoms with Crippen molar-refractivity contribution in [2.75, 3.05) is 26.7 Å². The first-order valence-electron chi connectivity index (χ1n) is 6.80. The van der Waals surface area contributed by atoms with E-state index >= 15 is 0 Å². The van der Waals surface area contributed by atoms with Crippen LogP contribution < -0.4 is 4.74 Å². The Balaban J connectivity index is 1.97. The molecule has 0 N–H and O–H groups in total. The fourth-order valence-corrected chi connectivity index (χ4v) is 2.84. The van der Waals surface area contributed by atoms with Crippen molar-refractivity contribution in [1.82, 2.24) is 4.90 Å². The number of Topliss-reactive ketones (excluding diaryl/α,β-unsaturated/α-hetero) is 1. The summed E-state index contributed by atoms with van der Waals surface area (Å²) in [7, 11) is 1.60. The second-order valence-electron chi connectivity index (χ2n) is 4.92. The summed E-state index contributed by atoms with van der Waals surface area (Å²) in [4.78, 5) is 14.7. The molecule has 3 nitrogen and oxygen atoms in total. The van der Waals surface area contributed by atoms with E-state index < -0.39 is 0 Å². The molecular formula is C15H20BrNO2. The molecule has 1 aliphatic heterocycles. The minimum atomic E-state index is 0.156. The van der Waals surface area contributed by atoms with Crippen LogP contribution >= 0.6 is 15.9 Å². The second kappa shape index (κ2) is 7.06. The number of carbonyl (C=O) groups excluding carboxylic acids is 1. The highest BCUT2D eigenvalue weighted by Gasteiger charge is 2.15. The van der Waals surface area contributed by atoms with Gasteiger partial charge in [0.2, 0.25) is 0 Å². The number of benzene rings is 1. The number of ether oxygens (including phenoxy) is 1. The van der Waals surface area contributed by atoms with Crippen LogP contribution in [0.15, 0.2) is 22.7 Å². The molecule has 4 heteroatoms. The smallest absolute Gasteiger partial charge is 0.167 e. The molecule has 1 saturated heterocycles. The van der Waals surface area contributed by atoms with Crippen molar-refractivity contribution in [2.45, 2.75) is 25.7 Å². The minimum absolute atomic E-state index is 0.156. The first-order chi connectivity index (χ1) is 9.20. The van der Waals surface area contributed by atoms with Crippen molar-refractivity contribution in [1.29, 1.82) is 0 Å². The Hall–Kier alpha value is -0.870. The molecule has 1 aromatic carbocycles. The van der Waals surface area contributed by atoms with E-state index in [-0.39, 0.29) is 5.78 Å². The summed E-state index contributed by atoms with van der Waals surface area (Å²) in [6.45, 7) is 3.11. The van der Waals surface area contributed by atoms with Gasteiger partial charge in [0, 0.05) is 17.4 Å². The Morgan fingerprint density at radius 1 is 1.32 bits per heavy atom. The van der Waals surface area contributed by atoms with E-state index in [1.807, 2.05) is 18.2 Å². The summed E-state index contributed by atoms with van der Waals surface area (Å²) in [6, 6.07) is 5.57. The highest BCUT2D eigenvalue weighted by Crippen LogP contribution is 2.24. The molecule has 0 unspecified atom stereocenters. The molecule has 1 fully saturated rings. The van der Waals surface area contributed by atoms with Crippen molar-refractivity contribution in [3.05, 3.63) is 28.2 Å². The topological polar surface area (TPSA) is 29.5 Å². The number of piperidine rings is 1. The predicted octanol–water partition coefficient (Wildman–Crippen LogP) is 3.52. The number of hydrogen-bond donors (Lipinski definition) is 0. The van der Waals surface area contributed by atoms with Gasteiger partial charge in [-0.1, -0.05) is 22.4 Å². The number of ketones is 1. The van der Waals surface area contributed by atoms with Gasteiger partial charge >= 0.3 is 0 Å². The molecule has 104 valence electrons. The van der Waals surface area contributed by atoms with Crippen molar-refractivity contribution in [3.63, 3.8) is 0 Å². The number of carbonyl (C=O) groups is 1. The fraction of sp³-hybridized carbons (Fsp3) is 0.533. The predicted molar refractivity (Wildman–Crippen MR) is 79.9 cm³/mol. The summed E-state index contributed by atoms with van der Waals surface area (Å²) >= 11 is 3.40. The number of likely N-dealkylation sites (tertiary alicyclic amines) is 1. The van der Waals surface area contributed by atoms with Crippen LogP contribution in [-0.4, -0.2) is 37.4 Å². The molecule has 1 aliphatic rings. The molecule has 0 amide bonds. The standard InChI is InChI=1S/C15H20BrNO2/c1-19-15-6-5-12(16)11-13(15)14(18)7-10-17-8-3-2-4-9-17/h5-6,11H,2-4,7-10H2,1H3.